The molecule has 0 aromatic heterocycles. The Kier molecular flexibility index (Phi) is 15.5. The Morgan fingerprint density at radius 3 is 2.05 bits per heavy atom. The van der Waals surface area contributed by atoms with Crippen LogP contribution in [0, 0.1) is 11.8 Å². The van der Waals surface area contributed by atoms with Crippen LogP contribution < -0.4 is 0 Å². The maximum absolute atomic E-state index is 11.8. The number of unbranched alkanes of at least 4 members (excludes halogenated alkanes) is 3. The summed E-state index contributed by atoms with van der Waals surface area (Å²) in [7, 11) is 0. The summed E-state index contributed by atoms with van der Waals surface area (Å²) < 4.78 is 21.9. The highest BCUT2D eigenvalue weighted by Crippen LogP contribution is 2.40. The second kappa shape index (κ2) is 17.8. The summed E-state index contributed by atoms with van der Waals surface area (Å²) in [6, 6.07) is 0. The smallest absolute Gasteiger partial charge is 0.303 e. The van der Waals surface area contributed by atoms with Crippen LogP contribution in [-0.4, -0.2) is 48.3 Å². The van der Waals surface area contributed by atoms with Crippen molar-refractivity contribution in [1.29, 1.82) is 0 Å². The van der Waals surface area contributed by atoms with Gasteiger partial charge in [0, 0.05) is 46.0 Å². The van der Waals surface area contributed by atoms with Crippen molar-refractivity contribution in [3.05, 3.63) is 24.3 Å². The summed E-state index contributed by atoms with van der Waals surface area (Å²) >= 11 is 0. The van der Waals surface area contributed by atoms with Gasteiger partial charge >= 0.3 is 23.9 Å². The number of carbonyl (C=O) groups is 4. The lowest BCUT2D eigenvalue weighted by Gasteiger charge is -2.23. The third-order valence-electron chi connectivity index (χ3n) is 6.38. The van der Waals surface area contributed by atoms with Crippen LogP contribution in [0.1, 0.15) is 99.3 Å². The zero-order chi connectivity index (χ0) is 27.8. The van der Waals surface area contributed by atoms with Crippen LogP contribution >= 0.6 is 0 Å². The molecule has 0 aromatic carbocycles. The average Bonchev–Trinajstić information content (AvgIpc) is 3.07. The molecule has 0 heterocycles. The topological polar surface area (TPSA) is 105 Å². The fourth-order valence-corrected chi connectivity index (χ4v) is 4.84. The molecule has 1 aliphatic rings. The Labute approximate surface area is 222 Å². The lowest BCUT2D eigenvalue weighted by Crippen LogP contribution is -2.25. The molecule has 1 saturated carbocycles. The van der Waals surface area contributed by atoms with E-state index in [2.05, 4.69) is 19.1 Å². The molecule has 0 aliphatic heterocycles. The van der Waals surface area contributed by atoms with Crippen molar-refractivity contribution < 1.29 is 38.1 Å². The van der Waals surface area contributed by atoms with Gasteiger partial charge in [0.1, 0.15) is 18.3 Å². The van der Waals surface area contributed by atoms with Crippen molar-refractivity contribution in [2.24, 2.45) is 11.8 Å². The molecule has 1 unspecified atom stereocenters. The zero-order valence-electron chi connectivity index (χ0n) is 23.4. The molecular formula is C29H46O8. The summed E-state index contributed by atoms with van der Waals surface area (Å²) in [5, 5.41) is 0. The number of allylic oxidation sites excluding steroid dienone is 2. The molecule has 0 amide bonds. The average molecular weight is 523 g/mol. The first-order valence-electron chi connectivity index (χ1n) is 13.6. The normalized spacial score (nSPS) is 23.1. The second-order valence-electron chi connectivity index (χ2n) is 9.86. The Morgan fingerprint density at radius 1 is 0.811 bits per heavy atom. The van der Waals surface area contributed by atoms with Crippen molar-refractivity contribution in [2.45, 2.75) is 124 Å². The molecular weight excluding hydrogens is 476 g/mol. The first kappa shape index (κ1) is 32.4. The van der Waals surface area contributed by atoms with Gasteiger partial charge in [0.05, 0.1) is 6.10 Å². The third-order valence-corrected chi connectivity index (χ3v) is 6.38. The number of hydrogen-bond donors (Lipinski definition) is 0. The van der Waals surface area contributed by atoms with Crippen molar-refractivity contribution in [3.8, 4) is 0 Å². The van der Waals surface area contributed by atoms with Crippen LogP contribution in [0.15, 0.2) is 24.3 Å². The molecule has 0 N–H and O–H groups in total. The summed E-state index contributed by atoms with van der Waals surface area (Å²) in [6.07, 6.45) is 14.0. The van der Waals surface area contributed by atoms with Gasteiger partial charge in [0.2, 0.25) is 0 Å². The van der Waals surface area contributed by atoms with Gasteiger partial charge in [-0.25, -0.2) is 0 Å². The molecule has 0 radical (unpaired) electrons. The largest absolute Gasteiger partial charge is 0.463 e. The van der Waals surface area contributed by atoms with E-state index in [-0.39, 0.29) is 47.9 Å². The molecule has 0 spiro atoms. The number of ether oxygens (including phenoxy) is 4. The van der Waals surface area contributed by atoms with E-state index in [0.717, 1.165) is 44.9 Å². The van der Waals surface area contributed by atoms with Gasteiger partial charge in [0.15, 0.2) is 0 Å². The SMILES string of the molecule is CCCCC[C@@H](/C=C/[C@@H]1[C@@H](C/C=C\CCCC(C)OC(C)=O)[C@@H](OC(C)=O)C[C@H]1OC(C)=O)OC(C)=O. The van der Waals surface area contributed by atoms with Gasteiger partial charge in [-0.3, -0.25) is 19.2 Å². The van der Waals surface area contributed by atoms with Gasteiger partial charge < -0.3 is 18.9 Å². The number of rotatable bonds is 16. The molecule has 1 rings (SSSR count). The van der Waals surface area contributed by atoms with Crippen molar-refractivity contribution in [3.63, 3.8) is 0 Å². The van der Waals surface area contributed by atoms with E-state index < -0.39 is 12.2 Å². The summed E-state index contributed by atoms with van der Waals surface area (Å²) in [5.41, 5.74) is 0. The quantitative estimate of drug-likeness (QED) is 0.111. The fourth-order valence-electron chi connectivity index (χ4n) is 4.84. The molecule has 1 aliphatic carbocycles. The Balaban J connectivity index is 2.98. The Hall–Kier alpha value is -2.64. The van der Waals surface area contributed by atoms with E-state index in [1.54, 1.807) is 0 Å². The number of carbonyl (C=O) groups excluding carboxylic acids is 4. The van der Waals surface area contributed by atoms with E-state index in [1.165, 1.54) is 27.7 Å². The van der Waals surface area contributed by atoms with Crippen LogP contribution in [0.4, 0.5) is 0 Å². The van der Waals surface area contributed by atoms with E-state index >= 15 is 0 Å². The summed E-state index contributed by atoms with van der Waals surface area (Å²) in [4.78, 5) is 46.3. The second-order valence-corrected chi connectivity index (χ2v) is 9.86. The van der Waals surface area contributed by atoms with Gasteiger partial charge in [0.25, 0.3) is 0 Å². The highest BCUT2D eigenvalue weighted by molar-refractivity contribution is 5.67. The summed E-state index contributed by atoms with van der Waals surface area (Å²) in [5.74, 6) is -1.65. The third kappa shape index (κ3) is 14.0. The fraction of sp³-hybridized carbons (Fsp3) is 0.724. The Bertz CT molecular complexity index is 787. The minimum Gasteiger partial charge on any atom is -0.463 e. The number of esters is 4. The number of hydrogen-bond acceptors (Lipinski definition) is 8. The predicted octanol–water partition coefficient (Wildman–Crippen LogP) is 5.62. The lowest BCUT2D eigenvalue weighted by molar-refractivity contribution is -0.150. The molecule has 37 heavy (non-hydrogen) atoms. The lowest BCUT2D eigenvalue weighted by atomic mass is 9.89. The highest BCUT2D eigenvalue weighted by Gasteiger charge is 2.45. The Morgan fingerprint density at radius 2 is 1.46 bits per heavy atom. The molecule has 210 valence electrons. The molecule has 0 saturated heterocycles. The maximum Gasteiger partial charge on any atom is 0.303 e. The van der Waals surface area contributed by atoms with Gasteiger partial charge in [-0.1, -0.05) is 38.0 Å². The molecule has 6 atom stereocenters. The van der Waals surface area contributed by atoms with Crippen molar-refractivity contribution >= 4 is 23.9 Å². The van der Waals surface area contributed by atoms with Gasteiger partial charge in [-0.15, -0.1) is 0 Å². The van der Waals surface area contributed by atoms with E-state index in [9.17, 15) is 19.2 Å². The van der Waals surface area contributed by atoms with Crippen LogP contribution in [0.3, 0.4) is 0 Å². The van der Waals surface area contributed by atoms with Crippen molar-refractivity contribution in [2.75, 3.05) is 0 Å². The highest BCUT2D eigenvalue weighted by atomic mass is 16.6. The minimum atomic E-state index is -0.435. The van der Waals surface area contributed by atoms with Crippen LogP contribution in [0.5, 0.6) is 0 Å². The molecule has 0 aromatic rings. The monoisotopic (exact) mass is 522 g/mol. The standard InChI is InChI=1S/C29H46O8/c1-7-8-11-15-25(35-22(4)31)17-18-27-26(16-13-10-9-12-14-20(2)34-21(3)30)28(36-23(5)32)19-29(27)37-24(6)33/h10,13,17-18,20,25-29H,7-9,11-12,14-16,19H2,1-6H3/b13-10-,18-17+/t20?,25-,26+,27+,28-,29+/m0/s1. The first-order valence-corrected chi connectivity index (χ1v) is 13.6. The van der Waals surface area contributed by atoms with Crippen molar-refractivity contribution in [1.82, 2.24) is 0 Å². The van der Waals surface area contributed by atoms with Gasteiger partial charge in [-0.05, 0) is 51.5 Å². The first-order chi connectivity index (χ1) is 17.5. The van der Waals surface area contributed by atoms with Gasteiger partial charge in [-0.2, -0.15) is 0 Å². The molecule has 8 nitrogen and oxygen atoms in total. The molecule has 0 bridgehead atoms. The molecule has 1 fully saturated rings. The van der Waals surface area contributed by atoms with Crippen LogP contribution in [0.25, 0.3) is 0 Å². The van der Waals surface area contributed by atoms with E-state index in [0.29, 0.717) is 12.8 Å². The van der Waals surface area contributed by atoms with E-state index in [1.807, 2.05) is 19.1 Å². The van der Waals surface area contributed by atoms with Crippen LogP contribution in [-0.2, 0) is 38.1 Å². The predicted molar refractivity (Wildman–Crippen MR) is 140 cm³/mol. The van der Waals surface area contributed by atoms with Crippen LogP contribution in [0.2, 0.25) is 0 Å². The minimum absolute atomic E-state index is 0.0886. The summed E-state index contributed by atoms with van der Waals surface area (Å²) in [6.45, 7) is 9.56. The zero-order valence-corrected chi connectivity index (χ0v) is 23.4. The van der Waals surface area contributed by atoms with E-state index in [4.69, 9.17) is 18.9 Å². The maximum atomic E-state index is 11.8. The molecule has 8 heteroatoms.